The van der Waals surface area contributed by atoms with Crippen molar-refractivity contribution in [1.29, 1.82) is 0 Å². The Morgan fingerprint density at radius 2 is 2.13 bits per heavy atom. The van der Waals surface area contributed by atoms with Crippen molar-refractivity contribution in [3.63, 3.8) is 0 Å². The zero-order valence-corrected chi connectivity index (χ0v) is 20.5. The number of carbonyl (C=O) groups is 2. The molecule has 1 aliphatic heterocycles. The van der Waals surface area contributed by atoms with Gasteiger partial charge in [0.25, 0.3) is 0 Å². The molecule has 2 amide bonds. The standard InChI is InChI=1S/C22H36N4O4Si/c1-7-12-29-20(28)26-14-17(21(2,3)4)13-22(26,30-31(5)6)10-11-25-15-18(24-16-25)8-9-19(23)27/h7-9,15-17,31H,1,10-14H2,2-6H3,(H2,23,27)/t17-,22-/m0/s1. The summed E-state index contributed by atoms with van der Waals surface area (Å²) in [6.07, 6.45) is 8.99. The lowest BCUT2D eigenvalue weighted by Gasteiger charge is -2.39. The van der Waals surface area contributed by atoms with Crippen LogP contribution in [0.3, 0.4) is 0 Å². The van der Waals surface area contributed by atoms with Gasteiger partial charge in [-0.1, -0.05) is 33.4 Å². The fourth-order valence-electron chi connectivity index (χ4n) is 3.88. The molecule has 9 heteroatoms. The summed E-state index contributed by atoms with van der Waals surface area (Å²) in [6.45, 7) is 15.8. The maximum Gasteiger partial charge on any atom is 0.412 e. The Balaban J connectivity index is 2.28. The molecular weight excluding hydrogens is 412 g/mol. The van der Waals surface area contributed by atoms with Crippen LogP contribution in [0.2, 0.25) is 13.1 Å². The zero-order chi connectivity index (χ0) is 23.2. The van der Waals surface area contributed by atoms with Crippen LogP contribution in [0.25, 0.3) is 6.08 Å². The number of amides is 2. The number of aryl methyl sites for hydroxylation is 1. The van der Waals surface area contributed by atoms with Crippen molar-refractivity contribution in [3.8, 4) is 0 Å². The number of hydrogen-bond acceptors (Lipinski definition) is 5. The molecule has 2 rings (SSSR count). The van der Waals surface area contributed by atoms with Gasteiger partial charge in [0.15, 0.2) is 9.04 Å². The maximum atomic E-state index is 13.0. The van der Waals surface area contributed by atoms with Crippen LogP contribution in [0.15, 0.2) is 31.3 Å². The lowest BCUT2D eigenvalue weighted by Crippen LogP contribution is -2.52. The van der Waals surface area contributed by atoms with Crippen molar-refractivity contribution in [3.05, 3.63) is 36.9 Å². The topological polar surface area (TPSA) is 99.7 Å². The van der Waals surface area contributed by atoms with Gasteiger partial charge in [0, 0.05) is 31.8 Å². The highest BCUT2D eigenvalue weighted by molar-refractivity contribution is 6.48. The predicted octanol–water partition coefficient (Wildman–Crippen LogP) is 3.16. The molecular formula is C22H36N4O4Si. The Bertz CT molecular complexity index is 815. The highest BCUT2D eigenvalue weighted by Gasteiger charge is 2.52. The zero-order valence-electron chi connectivity index (χ0n) is 19.3. The number of primary amides is 1. The van der Waals surface area contributed by atoms with Gasteiger partial charge >= 0.3 is 6.09 Å². The fourth-order valence-corrected chi connectivity index (χ4v) is 5.10. The van der Waals surface area contributed by atoms with E-state index in [2.05, 4.69) is 45.4 Å². The van der Waals surface area contributed by atoms with Gasteiger partial charge in [-0.15, -0.1) is 0 Å². The molecule has 0 aliphatic carbocycles. The Labute approximate surface area is 186 Å². The van der Waals surface area contributed by atoms with Crippen LogP contribution >= 0.6 is 0 Å². The average molecular weight is 449 g/mol. The number of nitrogens with two attached hydrogens (primary N) is 1. The minimum atomic E-state index is -1.48. The van der Waals surface area contributed by atoms with Crippen molar-refractivity contribution in [1.82, 2.24) is 14.5 Å². The number of rotatable bonds is 9. The third-order valence-corrected chi connectivity index (χ3v) is 6.43. The lowest BCUT2D eigenvalue weighted by atomic mass is 9.78. The predicted molar refractivity (Wildman–Crippen MR) is 124 cm³/mol. The van der Waals surface area contributed by atoms with Gasteiger partial charge < -0.3 is 19.5 Å². The van der Waals surface area contributed by atoms with Crippen LogP contribution in [0.4, 0.5) is 4.79 Å². The molecule has 0 unspecified atom stereocenters. The summed E-state index contributed by atoms with van der Waals surface area (Å²) >= 11 is 0. The maximum absolute atomic E-state index is 13.0. The third kappa shape index (κ3) is 6.80. The van der Waals surface area contributed by atoms with Gasteiger partial charge in [0.1, 0.15) is 12.3 Å². The molecule has 8 nitrogen and oxygen atoms in total. The number of nitrogens with zero attached hydrogens (tertiary/aromatic N) is 3. The summed E-state index contributed by atoms with van der Waals surface area (Å²) in [6, 6.07) is 0. The molecule has 1 fully saturated rings. The van der Waals surface area contributed by atoms with E-state index in [1.54, 1.807) is 23.4 Å². The van der Waals surface area contributed by atoms with Crippen molar-refractivity contribution < 1.29 is 18.8 Å². The summed E-state index contributed by atoms with van der Waals surface area (Å²) in [5.41, 5.74) is 5.11. The summed E-state index contributed by atoms with van der Waals surface area (Å²) in [5, 5.41) is 0. The summed E-state index contributed by atoms with van der Waals surface area (Å²) in [7, 11) is -1.48. The van der Waals surface area contributed by atoms with Gasteiger partial charge in [0.2, 0.25) is 5.91 Å². The van der Waals surface area contributed by atoms with Crippen LogP contribution in [-0.4, -0.2) is 54.4 Å². The quantitative estimate of drug-likeness (QED) is 0.355. The van der Waals surface area contributed by atoms with Crippen molar-refractivity contribution in [2.24, 2.45) is 17.1 Å². The number of ether oxygens (including phenoxy) is 1. The smallest absolute Gasteiger partial charge is 0.412 e. The van der Waals surface area contributed by atoms with E-state index in [0.717, 1.165) is 6.42 Å². The second-order valence-electron chi connectivity index (χ2n) is 9.38. The molecule has 0 aromatic carbocycles. The third-order valence-electron chi connectivity index (χ3n) is 5.52. The van der Waals surface area contributed by atoms with E-state index in [-0.39, 0.29) is 24.0 Å². The Hall–Kier alpha value is -2.39. The first kappa shape index (κ1) is 24.9. The van der Waals surface area contributed by atoms with E-state index in [9.17, 15) is 9.59 Å². The van der Waals surface area contributed by atoms with Gasteiger partial charge in [-0.05, 0) is 36.9 Å². The minimum Gasteiger partial charge on any atom is -0.445 e. The fraction of sp³-hybridized carbons (Fsp3) is 0.591. The Kier molecular flexibility index (Phi) is 8.25. The molecule has 0 saturated carbocycles. The molecule has 1 aromatic heterocycles. The normalized spacial score (nSPS) is 21.7. The number of carbonyl (C=O) groups excluding carboxylic acids is 2. The molecule has 0 spiro atoms. The molecule has 1 aliphatic rings. The number of likely N-dealkylation sites (tertiary alicyclic amines) is 1. The molecule has 0 radical (unpaired) electrons. The van der Waals surface area contributed by atoms with Gasteiger partial charge in [-0.25, -0.2) is 9.78 Å². The van der Waals surface area contributed by atoms with Crippen molar-refractivity contribution >= 4 is 27.1 Å². The second kappa shape index (κ2) is 10.3. The minimum absolute atomic E-state index is 0.0301. The molecule has 2 N–H and O–H groups in total. The first-order valence-electron chi connectivity index (χ1n) is 10.7. The van der Waals surface area contributed by atoms with E-state index >= 15 is 0 Å². The van der Waals surface area contributed by atoms with Crippen LogP contribution in [0.1, 0.15) is 39.3 Å². The molecule has 31 heavy (non-hydrogen) atoms. The summed E-state index contributed by atoms with van der Waals surface area (Å²) < 4.78 is 13.9. The molecule has 172 valence electrons. The Morgan fingerprint density at radius 3 is 2.71 bits per heavy atom. The monoisotopic (exact) mass is 448 g/mol. The van der Waals surface area contributed by atoms with Crippen LogP contribution < -0.4 is 5.73 Å². The summed E-state index contributed by atoms with van der Waals surface area (Å²) in [5.74, 6) is -0.231. The highest BCUT2D eigenvalue weighted by atomic mass is 28.3. The second-order valence-corrected chi connectivity index (χ2v) is 11.7. The van der Waals surface area contributed by atoms with Crippen LogP contribution in [0, 0.1) is 11.3 Å². The van der Waals surface area contributed by atoms with Gasteiger partial charge in [0.05, 0.1) is 12.0 Å². The Morgan fingerprint density at radius 1 is 1.42 bits per heavy atom. The lowest BCUT2D eigenvalue weighted by molar-refractivity contribution is -0.113. The summed E-state index contributed by atoms with van der Waals surface area (Å²) in [4.78, 5) is 30.0. The van der Waals surface area contributed by atoms with E-state index in [1.807, 2.05) is 10.8 Å². The first-order valence-corrected chi connectivity index (χ1v) is 13.5. The largest absolute Gasteiger partial charge is 0.445 e. The molecule has 0 bridgehead atoms. The number of hydrogen-bond donors (Lipinski definition) is 1. The molecule has 1 aromatic rings. The SMILES string of the molecule is C=CCOC(=O)N1C[C@@H](C(C)(C)C)C[C@]1(CCn1cnc(C=CC(N)=O)c1)O[SiH](C)C. The van der Waals surface area contributed by atoms with Gasteiger partial charge in [-0.3, -0.25) is 9.69 Å². The number of aromatic nitrogens is 2. The van der Waals surface area contributed by atoms with E-state index < -0.39 is 20.7 Å². The van der Waals surface area contributed by atoms with E-state index in [4.69, 9.17) is 14.9 Å². The van der Waals surface area contributed by atoms with Gasteiger partial charge in [-0.2, -0.15) is 0 Å². The van der Waals surface area contributed by atoms with Crippen molar-refractivity contribution in [2.75, 3.05) is 13.2 Å². The van der Waals surface area contributed by atoms with Crippen LogP contribution in [-0.2, 0) is 20.5 Å². The average Bonchev–Trinajstić information content (AvgIpc) is 3.27. The highest BCUT2D eigenvalue weighted by Crippen LogP contribution is 2.45. The van der Waals surface area contributed by atoms with Crippen LogP contribution in [0.5, 0.6) is 0 Å². The molecule has 1 saturated heterocycles. The first-order chi connectivity index (χ1) is 14.5. The molecule has 2 atom stereocenters. The number of imidazole rings is 1. The van der Waals surface area contributed by atoms with E-state index in [1.165, 1.54) is 6.08 Å². The molecule has 2 heterocycles. The van der Waals surface area contributed by atoms with Crippen molar-refractivity contribution in [2.45, 2.75) is 59.0 Å². The van der Waals surface area contributed by atoms with E-state index in [0.29, 0.717) is 25.2 Å².